The molecule has 1 heterocycles. The van der Waals surface area contributed by atoms with Gasteiger partial charge in [-0.05, 0) is 23.8 Å². The number of halogens is 2. The smallest absolute Gasteiger partial charge is 0.271 e. The Morgan fingerprint density at radius 3 is 2.68 bits per heavy atom. The van der Waals surface area contributed by atoms with E-state index in [1.165, 1.54) is 12.1 Å². The van der Waals surface area contributed by atoms with E-state index < -0.39 is 4.92 Å². The topological polar surface area (TPSA) is 85.7 Å². The number of ether oxygens (including phenoxy) is 2. The Balaban J connectivity index is 0.00000225. The lowest BCUT2D eigenvalue weighted by molar-refractivity contribution is -0.384. The second-order valence-corrected chi connectivity index (χ2v) is 5.62. The largest absolute Gasteiger partial charge is 1.00 e. The maximum Gasteiger partial charge on any atom is 0.271 e. The zero-order valence-electron chi connectivity index (χ0n) is 13.1. The van der Waals surface area contributed by atoms with Crippen LogP contribution in [0.2, 0.25) is 5.02 Å². The molecule has 1 aliphatic rings. The average molecular weight is 385 g/mol. The van der Waals surface area contributed by atoms with E-state index in [-0.39, 0.29) is 24.9 Å². The fraction of sp³-hybridized carbons (Fsp3) is 0.250. The van der Waals surface area contributed by atoms with Crippen LogP contribution >= 0.6 is 11.6 Å². The van der Waals surface area contributed by atoms with Crippen LogP contribution in [0.15, 0.2) is 36.4 Å². The molecule has 0 unspecified atom stereocenters. The molecule has 0 amide bonds. The van der Waals surface area contributed by atoms with E-state index in [1.807, 2.05) is 18.2 Å². The fourth-order valence-electron chi connectivity index (χ4n) is 2.33. The normalized spacial score (nSPS) is 11.7. The first-order valence-corrected chi connectivity index (χ1v) is 7.78. The van der Waals surface area contributed by atoms with E-state index in [1.54, 1.807) is 6.07 Å². The lowest BCUT2D eigenvalue weighted by atomic mass is 10.2. The predicted molar refractivity (Wildman–Crippen MR) is 90.9 cm³/mol. The summed E-state index contributed by atoms with van der Waals surface area (Å²) in [4.78, 5) is 10.2. The second-order valence-electron chi connectivity index (χ2n) is 5.21. The lowest BCUT2D eigenvalue weighted by Gasteiger charge is -2.09. The van der Waals surface area contributed by atoms with Crippen molar-refractivity contribution in [1.29, 1.82) is 0 Å². The summed E-state index contributed by atoms with van der Waals surface area (Å²) >= 11 is 6.02. The second kappa shape index (κ2) is 8.75. The maximum absolute atomic E-state index is 10.7. The molecule has 3 rings (SSSR count). The Hall–Kier alpha value is -2.22. The van der Waals surface area contributed by atoms with E-state index in [4.69, 9.17) is 21.1 Å². The van der Waals surface area contributed by atoms with E-state index in [0.717, 1.165) is 17.1 Å². The SMILES string of the molecule is O=[N+]([O-])c1ccc(NCCNCc2ccc3c(c2)OCO3)c(Cl)c1.[Cl-]. The van der Waals surface area contributed by atoms with Crippen molar-refractivity contribution in [2.75, 3.05) is 25.2 Å². The van der Waals surface area contributed by atoms with Gasteiger partial charge in [0.15, 0.2) is 11.5 Å². The van der Waals surface area contributed by atoms with Gasteiger partial charge >= 0.3 is 0 Å². The van der Waals surface area contributed by atoms with Crippen LogP contribution in [0.1, 0.15) is 5.56 Å². The average Bonchev–Trinajstić information content (AvgIpc) is 3.03. The Kier molecular flexibility index (Phi) is 6.69. The van der Waals surface area contributed by atoms with Gasteiger partial charge in [-0.1, -0.05) is 17.7 Å². The molecule has 2 aromatic rings. The number of anilines is 1. The molecule has 0 spiro atoms. The van der Waals surface area contributed by atoms with Crippen molar-refractivity contribution in [3.05, 3.63) is 57.1 Å². The van der Waals surface area contributed by atoms with Crippen LogP contribution in [-0.2, 0) is 6.54 Å². The highest BCUT2D eigenvalue weighted by Gasteiger charge is 2.13. The summed E-state index contributed by atoms with van der Waals surface area (Å²) < 4.78 is 10.6. The summed E-state index contributed by atoms with van der Waals surface area (Å²) in [6, 6.07) is 10.2. The van der Waals surface area contributed by atoms with Gasteiger partial charge in [-0.15, -0.1) is 0 Å². The standard InChI is InChI=1S/C16H16ClN3O4.ClH/c17-13-8-12(20(21)22)2-3-14(13)19-6-5-18-9-11-1-4-15-16(7-11)24-10-23-15;/h1-4,7-8,18-19H,5-6,9-10H2;1H/p-1. The minimum absolute atomic E-state index is 0. The highest BCUT2D eigenvalue weighted by Crippen LogP contribution is 2.32. The van der Waals surface area contributed by atoms with Crippen molar-refractivity contribution in [2.24, 2.45) is 0 Å². The van der Waals surface area contributed by atoms with Gasteiger partial charge in [0.05, 0.1) is 15.6 Å². The van der Waals surface area contributed by atoms with E-state index in [2.05, 4.69) is 10.6 Å². The molecule has 0 aliphatic carbocycles. The Labute approximate surface area is 155 Å². The summed E-state index contributed by atoms with van der Waals surface area (Å²) in [7, 11) is 0. The van der Waals surface area contributed by atoms with Crippen LogP contribution in [0.25, 0.3) is 0 Å². The zero-order chi connectivity index (χ0) is 16.9. The number of hydrogen-bond acceptors (Lipinski definition) is 6. The summed E-state index contributed by atoms with van der Waals surface area (Å²) in [5.41, 5.74) is 1.76. The van der Waals surface area contributed by atoms with Gasteiger partial charge in [-0.3, -0.25) is 10.1 Å². The number of nitro groups is 1. The number of nitrogens with one attached hydrogen (secondary N) is 2. The number of non-ortho nitro benzene ring substituents is 1. The molecule has 0 saturated heterocycles. The van der Waals surface area contributed by atoms with Gasteiger partial charge in [0, 0.05) is 31.8 Å². The molecule has 134 valence electrons. The fourth-order valence-corrected chi connectivity index (χ4v) is 2.57. The van der Waals surface area contributed by atoms with Crippen LogP contribution in [0.4, 0.5) is 11.4 Å². The third-order valence-corrected chi connectivity index (χ3v) is 3.86. The molecule has 7 nitrogen and oxygen atoms in total. The first-order valence-electron chi connectivity index (χ1n) is 7.40. The molecule has 0 bridgehead atoms. The summed E-state index contributed by atoms with van der Waals surface area (Å²) in [6.07, 6.45) is 0. The van der Waals surface area contributed by atoms with Crippen molar-refractivity contribution in [3.63, 3.8) is 0 Å². The molecule has 2 N–H and O–H groups in total. The third-order valence-electron chi connectivity index (χ3n) is 3.55. The molecule has 0 aromatic heterocycles. The molecule has 0 radical (unpaired) electrons. The van der Waals surface area contributed by atoms with Crippen LogP contribution < -0.4 is 32.5 Å². The van der Waals surface area contributed by atoms with Crippen molar-refractivity contribution >= 4 is 23.0 Å². The molecule has 1 aliphatic heterocycles. The van der Waals surface area contributed by atoms with Gasteiger partial charge < -0.3 is 32.5 Å². The number of rotatable bonds is 7. The van der Waals surface area contributed by atoms with Crippen molar-refractivity contribution < 1.29 is 26.8 Å². The Morgan fingerprint density at radius 2 is 1.92 bits per heavy atom. The Bertz CT molecular complexity index is 758. The van der Waals surface area contributed by atoms with E-state index >= 15 is 0 Å². The number of nitrogens with zero attached hydrogens (tertiary/aromatic N) is 1. The molecular formula is C16H16Cl2N3O4-. The molecule has 0 fully saturated rings. The monoisotopic (exact) mass is 384 g/mol. The highest BCUT2D eigenvalue weighted by molar-refractivity contribution is 6.33. The number of fused-ring (bicyclic) bond motifs is 1. The van der Waals surface area contributed by atoms with Gasteiger partial charge in [-0.2, -0.15) is 0 Å². The van der Waals surface area contributed by atoms with Gasteiger partial charge in [0.1, 0.15) is 0 Å². The Morgan fingerprint density at radius 1 is 1.12 bits per heavy atom. The third kappa shape index (κ3) is 4.88. The molecule has 9 heteroatoms. The number of benzene rings is 2. The number of hydrogen-bond donors (Lipinski definition) is 2. The molecule has 0 atom stereocenters. The minimum Gasteiger partial charge on any atom is -1.00 e. The van der Waals surface area contributed by atoms with Gasteiger partial charge in [0.25, 0.3) is 5.69 Å². The summed E-state index contributed by atoms with van der Waals surface area (Å²) in [5.74, 6) is 1.54. The molecule has 2 aromatic carbocycles. The molecule has 0 saturated carbocycles. The predicted octanol–water partition coefficient (Wildman–Crippen LogP) is 0.183. The minimum atomic E-state index is -0.470. The number of nitro benzene ring substituents is 1. The highest BCUT2D eigenvalue weighted by atomic mass is 35.5. The van der Waals surface area contributed by atoms with Crippen LogP contribution in [0, 0.1) is 10.1 Å². The quantitative estimate of drug-likeness (QED) is 0.402. The van der Waals surface area contributed by atoms with Gasteiger partial charge in [0.2, 0.25) is 6.79 Å². The lowest BCUT2D eigenvalue weighted by Crippen LogP contribution is -3.00. The first kappa shape index (κ1) is 19.1. The maximum atomic E-state index is 10.7. The van der Waals surface area contributed by atoms with E-state index in [0.29, 0.717) is 30.3 Å². The van der Waals surface area contributed by atoms with Gasteiger partial charge in [-0.25, -0.2) is 0 Å². The zero-order valence-corrected chi connectivity index (χ0v) is 14.6. The summed E-state index contributed by atoms with van der Waals surface area (Å²) in [5, 5.41) is 17.4. The first-order chi connectivity index (χ1) is 11.6. The van der Waals surface area contributed by atoms with Crippen molar-refractivity contribution in [1.82, 2.24) is 5.32 Å². The molecule has 25 heavy (non-hydrogen) atoms. The van der Waals surface area contributed by atoms with Crippen LogP contribution in [0.5, 0.6) is 11.5 Å². The molecular weight excluding hydrogens is 369 g/mol. The van der Waals surface area contributed by atoms with Crippen LogP contribution in [-0.4, -0.2) is 24.8 Å². The van der Waals surface area contributed by atoms with Crippen LogP contribution in [0.3, 0.4) is 0 Å². The van der Waals surface area contributed by atoms with Crippen molar-refractivity contribution in [2.45, 2.75) is 6.54 Å². The van der Waals surface area contributed by atoms with E-state index in [9.17, 15) is 10.1 Å². The summed E-state index contributed by atoms with van der Waals surface area (Å²) in [6.45, 7) is 2.32. The van der Waals surface area contributed by atoms with Crippen molar-refractivity contribution in [3.8, 4) is 11.5 Å².